The van der Waals surface area contributed by atoms with Gasteiger partial charge in [0.15, 0.2) is 0 Å². The normalized spacial score (nSPS) is 25.5. The maximum absolute atomic E-state index is 2.77. The Balaban J connectivity index is 1.83. The molecular weight excluding hydrogens is 292 g/mol. The first kappa shape index (κ1) is 20.2. The lowest BCUT2D eigenvalue weighted by atomic mass is 9.69. The molecule has 2 aliphatic heterocycles. The van der Waals surface area contributed by atoms with Crippen LogP contribution < -0.4 is 0 Å². The minimum Gasteiger partial charge on any atom is -0.298 e. The van der Waals surface area contributed by atoms with Crippen molar-refractivity contribution in [1.82, 2.24) is 9.80 Å². The molecule has 0 spiro atoms. The second-order valence-corrected chi connectivity index (χ2v) is 11.3. The van der Waals surface area contributed by atoms with Crippen LogP contribution in [-0.2, 0) is 0 Å². The average Bonchev–Trinajstić information content (AvgIpc) is 2.83. The summed E-state index contributed by atoms with van der Waals surface area (Å²) < 4.78 is 0. The van der Waals surface area contributed by atoms with Crippen molar-refractivity contribution in [2.75, 3.05) is 26.2 Å². The van der Waals surface area contributed by atoms with Crippen molar-refractivity contribution in [3.05, 3.63) is 0 Å². The first-order valence-corrected chi connectivity index (χ1v) is 10.3. The Morgan fingerprint density at radius 1 is 0.833 bits per heavy atom. The lowest BCUT2D eigenvalue weighted by Gasteiger charge is -2.54. The van der Waals surface area contributed by atoms with Crippen LogP contribution in [0.5, 0.6) is 0 Å². The van der Waals surface area contributed by atoms with Gasteiger partial charge in [0.25, 0.3) is 0 Å². The van der Waals surface area contributed by atoms with Crippen molar-refractivity contribution in [2.24, 2.45) is 23.2 Å². The molecule has 1 unspecified atom stereocenters. The molecule has 142 valence electrons. The molecule has 0 N–H and O–H groups in total. The van der Waals surface area contributed by atoms with E-state index in [4.69, 9.17) is 0 Å². The molecule has 1 atom stereocenters. The number of hydrogen-bond acceptors (Lipinski definition) is 2. The maximum Gasteiger partial charge on any atom is 0.0153 e. The summed E-state index contributed by atoms with van der Waals surface area (Å²) in [6.07, 6.45) is 4.08. The Morgan fingerprint density at radius 3 is 1.88 bits per heavy atom. The Bertz CT molecular complexity index is 410. The Morgan fingerprint density at radius 2 is 1.42 bits per heavy atom. The van der Waals surface area contributed by atoms with E-state index in [0.717, 1.165) is 17.8 Å². The molecule has 2 fully saturated rings. The van der Waals surface area contributed by atoms with Gasteiger partial charge in [0, 0.05) is 30.7 Å². The fourth-order valence-corrected chi connectivity index (χ4v) is 4.39. The summed E-state index contributed by atoms with van der Waals surface area (Å²) in [5.41, 5.74) is 1.16. The molecule has 2 saturated heterocycles. The average molecular weight is 337 g/mol. The number of nitrogens with zero attached hydrogens (tertiary/aromatic N) is 2. The van der Waals surface area contributed by atoms with Gasteiger partial charge in [-0.2, -0.15) is 0 Å². The van der Waals surface area contributed by atoms with E-state index in [0.29, 0.717) is 16.5 Å². The van der Waals surface area contributed by atoms with Crippen molar-refractivity contribution in [3.8, 4) is 0 Å². The van der Waals surface area contributed by atoms with Gasteiger partial charge < -0.3 is 0 Å². The summed E-state index contributed by atoms with van der Waals surface area (Å²) >= 11 is 0. The quantitative estimate of drug-likeness (QED) is 0.651. The van der Waals surface area contributed by atoms with E-state index >= 15 is 0 Å². The van der Waals surface area contributed by atoms with E-state index in [1.54, 1.807) is 0 Å². The van der Waals surface area contributed by atoms with Crippen LogP contribution in [0.2, 0.25) is 0 Å². The largest absolute Gasteiger partial charge is 0.298 e. The molecule has 24 heavy (non-hydrogen) atoms. The third-order valence-corrected chi connectivity index (χ3v) is 7.34. The SMILES string of the molecule is CC(C)C1CCN(C(C)(C)CCC(C)(C)C2CN(C(C)(C)C)C2)C1. The number of hydrogen-bond donors (Lipinski definition) is 0. The van der Waals surface area contributed by atoms with Crippen molar-refractivity contribution >= 4 is 0 Å². The van der Waals surface area contributed by atoms with Crippen LogP contribution in [0.1, 0.15) is 81.6 Å². The summed E-state index contributed by atoms with van der Waals surface area (Å²) in [5.74, 6) is 2.61. The molecule has 0 aromatic rings. The summed E-state index contributed by atoms with van der Waals surface area (Å²) in [5, 5.41) is 0. The van der Waals surface area contributed by atoms with Crippen LogP contribution in [0.15, 0.2) is 0 Å². The number of rotatable bonds is 6. The van der Waals surface area contributed by atoms with Gasteiger partial charge in [-0.05, 0) is 83.6 Å². The molecule has 0 saturated carbocycles. The van der Waals surface area contributed by atoms with E-state index < -0.39 is 0 Å². The van der Waals surface area contributed by atoms with Gasteiger partial charge in [0.2, 0.25) is 0 Å². The van der Waals surface area contributed by atoms with E-state index in [2.05, 4.69) is 72.1 Å². The van der Waals surface area contributed by atoms with Gasteiger partial charge in [-0.15, -0.1) is 0 Å². The second kappa shape index (κ2) is 6.91. The first-order valence-electron chi connectivity index (χ1n) is 10.3. The molecule has 0 bridgehead atoms. The molecule has 2 rings (SSSR count). The van der Waals surface area contributed by atoms with Gasteiger partial charge in [-0.3, -0.25) is 9.80 Å². The van der Waals surface area contributed by atoms with Crippen LogP contribution >= 0.6 is 0 Å². The van der Waals surface area contributed by atoms with Crippen molar-refractivity contribution in [3.63, 3.8) is 0 Å². The van der Waals surface area contributed by atoms with Gasteiger partial charge in [0.05, 0.1) is 0 Å². The minimum atomic E-state index is 0.341. The van der Waals surface area contributed by atoms with E-state index in [-0.39, 0.29) is 0 Å². The zero-order chi connectivity index (χ0) is 18.3. The number of likely N-dealkylation sites (tertiary alicyclic amines) is 2. The topological polar surface area (TPSA) is 6.48 Å². The molecule has 2 heterocycles. The summed E-state index contributed by atoms with van der Waals surface area (Å²) in [6, 6.07) is 0. The zero-order valence-corrected chi connectivity index (χ0v) is 18.1. The molecule has 0 radical (unpaired) electrons. The van der Waals surface area contributed by atoms with Gasteiger partial charge >= 0.3 is 0 Å². The van der Waals surface area contributed by atoms with Gasteiger partial charge in [-0.1, -0.05) is 27.7 Å². The minimum absolute atomic E-state index is 0.341. The molecule has 2 heteroatoms. The Labute approximate surface area is 152 Å². The summed E-state index contributed by atoms with van der Waals surface area (Å²) in [4.78, 5) is 5.41. The highest BCUT2D eigenvalue weighted by atomic mass is 15.2. The summed E-state index contributed by atoms with van der Waals surface area (Å²) in [6.45, 7) is 27.0. The molecular formula is C22H44N2. The molecule has 2 aliphatic rings. The van der Waals surface area contributed by atoms with E-state index in [1.807, 2.05) is 0 Å². The van der Waals surface area contributed by atoms with Crippen molar-refractivity contribution in [1.29, 1.82) is 0 Å². The zero-order valence-electron chi connectivity index (χ0n) is 18.1. The Hall–Kier alpha value is -0.0800. The third kappa shape index (κ3) is 4.55. The van der Waals surface area contributed by atoms with Gasteiger partial charge in [0.1, 0.15) is 0 Å². The first-order chi connectivity index (χ1) is 10.8. The maximum atomic E-state index is 2.77. The lowest BCUT2D eigenvalue weighted by Crippen LogP contribution is -2.59. The monoisotopic (exact) mass is 336 g/mol. The van der Waals surface area contributed by atoms with E-state index in [1.165, 1.54) is 45.4 Å². The summed E-state index contributed by atoms with van der Waals surface area (Å²) in [7, 11) is 0. The highest BCUT2D eigenvalue weighted by molar-refractivity contribution is 4.97. The molecule has 0 amide bonds. The van der Waals surface area contributed by atoms with Crippen LogP contribution in [0, 0.1) is 23.2 Å². The highest BCUT2D eigenvalue weighted by Gasteiger charge is 2.43. The van der Waals surface area contributed by atoms with Crippen molar-refractivity contribution in [2.45, 2.75) is 92.7 Å². The Kier molecular flexibility index (Phi) is 5.83. The molecule has 0 aromatic heterocycles. The highest BCUT2D eigenvalue weighted by Crippen LogP contribution is 2.42. The molecule has 2 nitrogen and oxygen atoms in total. The fourth-order valence-electron chi connectivity index (χ4n) is 4.39. The van der Waals surface area contributed by atoms with Crippen LogP contribution in [0.3, 0.4) is 0 Å². The second-order valence-electron chi connectivity index (χ2n) is 11.3. The molecule has 0 aliphatic carbocycles. The van der Waals surface area contributed by atoms with Gasteiger partial charge in [-0.25, -0.2) is 0 Å². The smallest absolute Gasteiger partial charge is 0.0153 e. The van der Waals surface area contributed by atoms with E-state index in [9.17, 15) is 0 Å². The van der Waals surface area contributed by atoms with Crippen LogP contribution in [0.25, 0.3) is 0 Å². The predicted octanol–water partition coefficient (Wildman–Crippen LogP) is 5.28. The predicted molar refractivity (Wildman–Crippen MR) is 106 cm³/mol. The third-order valence-electron chi connectivity index (χ3n) is 7.34. The van der Waals surface area contributed by atoms with Crippen LogP contribution in [0.4, 0.5) is 0 Å². The van der Waals surface area contributed by atoms with Crippen LogP contribution in [-0.4, -0.2) is 47.1 Å². The van der Waals surface area contributed by atoms with Crippen molar-refractivity contribution < 1.29 is 0 Å². The fraction of sp³-hybridized carbons (Fsp3) is 1.00. The lowest BCUT2D eigenvalue weighted by molar-refractivity contribution is -0.0480. The molecule has 0 aromatic carbocycles. The standard InChI is InChI=1S/C22H44N2/c1-17(2)18-10-13-23(14-18)22(8,9)12-11-21(6,7)19-15-24(16-19)20(3,4)5/h17-19H,10-16H2,1-9H3.